The molecule has 0 saturated heterocycles. The van der Waals surface area contributed by atoms with Gasteiger partial charge in [0, 0.05) is 11.3 Å². The van der Waals surface area contributed by atoms with E-state index in [4.69, 9.17) is 4.74 Å². The molecule has 0 aliphatic carbocycles. The first kappa shape index (κ1) is 12.0. The molecule has 0 radical (unpaired) electrons. The van der Waals surface area contributed by atoms with Crippen molar-refractivity contribution >= 4 is 11.8 Å². The largest absolute Gasteiger partial charge is 0.497 e. The maximum atomic E-state index is 5.11. The van der Waals surface area contributed by atoms with E-state index in [1.54, 1.807) is 18.9 Å². The fourth-order valence-electron chi connectivity index (χ4n) is 1.38. The summed E-state index contributed by atoms with van der Waals surface area (Å²) in [6.45, 7) is 2.14. The first-order valence-corrected chi connectivity index (χ1v) is 6.51. The maximum Gasteiger partial charge on any atom is 0.208 e. The number of thioether (sulfide) groups is 1. The summed E-state index contributed by atoms with van der Waals surface area (Å²) in [5.41, 5.74) is 1.02. The van der Waals surface area contributed by atoms with Crippen molar-refractivity contribution in [2.75, 3.05) is 12.9 Å². The molecule has 0 aliphatic heterocycles. The van der Waals surface area contributed by atoms with Crippen LogP contribution in [0.25, 0.3) is 11.4 Å². The second-order valence-corrected chi connectivity index (χ2v) is 4.61. The van der Waals surface area contributed by atoms with Gasteiger partial charge in [-0.2, -0.15) is 0 Å². The lowest BCUT2D eigenvalue weighted by molar-refractivity contribution is 0.415. The Morgan fingerprint density at radius 3 is 2.71 bits per heavy atom. The Hall–Kier alpha value is -1.49. The van der Waals surface area contributed by atoms with Gasteiger partial charge < -0.3 is 4.74 Å². The lowest BCUT2D eigenvalue weighted by Crippen LogP contribution is -1.84. The number of nitrogens with one attached hydrogen (secondary N) is 1. The van der Waals surface area contributed by atoms with Gasteiger partial charge in [-0.05, 0) is 30.7 Å². The van der Waals surface area contributed by atoms with Crippen LogP contribution in [0, 0.1) is 0 Å². The summed E-state index contributed by atoms with van der Waals surface area (Å²) in [7, 11) is 1.66. The molecule has 0 fully saturated rings. The maximum absolute atomic E-state index is 5.11. The van der Waals surface area contributed by atoms with Gasteiger partial charge in [0.2, 0.25) is 5.16 Å². The fraction of sp³-hybridized carbons (Fsp3) is 0.333. The lowest BCUT2D eigenvalue weighted by Gasteiger charge is -1.99. The molecule has 1 aromatic carbocycles. The number of methoxy groups -OCH3 is 1. The van der Waals surface area contributed by atoms with Crippen molar-refractivity contribution in [3.05, 3.63) is 24.3 Å². The molecule has 90 valence electrons. The third-order valence-electron chi connectivity index (χ3n) is 2.26. The van der Waals surface area contributed by atoms with E-state index in [0.717, 1.165) is 34.5 Å². The van der Waals surface area contributed by atoms with Gasteiger partial charge in [-0.25, -0.2) is 4.98 Å². The molecular formula is C12H15N3OS. The van der Waals surface area contributed by atoms with Gasteiger partial charge in [0.05, 0.1) is 7.11 Å². The molecule has 17 heavy (non-hydrogen) atoms. The lowest BCUT2D eigenvalue weighted by atomic mass is 10.2. The van der Waals surface area contributed by atoms with Crippen LogP contribution < -0.4 is 4.74 Å². The van der Waals surface area contributed by atoms with Crippen molar-refractivity contribution < 1.29 is 4.74 Å². The van der Waals surface area contributed by atoms with Gasteiger partial charge in [-0.3, -0.25) is 5.10 Å². The zero-order chi connectivity index (χ0) is 12.1. The minimum Gasteiger partial charge on any atom is -0.497 e. The summed E-state index contributed by atoms with van der Waals surface area (Å²) < 4.78 is 5.11. The zero-order valence-corrected chi connectivity index (χ0v) is 10.8. The molecule has 1 N–H and O–H groups in total. The summed E-state index contributed by atoms with van der Waals surface area (Å²) in [5.74, 6) is 2.68. The summed E-state index contributed by atoms with van der Waals surface area (Å²) in [5, 5.41) is 7.92. The predicted molar refractivity (Wildman–Crippen MR) is 69.4 cm³/mol. The Balaban J connectivity index is 2.12. The van der Waals surface area contributed by atoms with Crippen LogP contribution in [-0.4, -0.2) is 28.0 Å². The Bertz CT molecular complexity index is 467. The predicted octanol–water partition coefficient (Wildman–Crippen LogP) is 2.98. The van der Waals surface area contributed by atoms with Gasteiger partial charge in [0.1, 0.15) is 5.75 Å². The zero-order valence-electron chi connectivity index (χ0n) is 9.93. The van der Waals surface area contributed by atoms with E-state index in [1.165, 1.54) is 0 Å². The molecule has 1 heterocycles. The van der Waals surface area contributed by atoms with E-state index >= 15 is 0 Å². The van der Waals surface area contributed by atoms with E-state index in [-0.39, 0.29) is 0 Å². The summed E-state index contributed by atoms with van der Waals surface area (Å²) in [6, 6.07) is 7.76. The highest BCUT2D eigenvalue weighted by Gasteiger charge is 2.05. The molecule has 0 amide bonds. The average Bonchev–Trinajstić information content (AvgIpc) is 2.85. The van der Waals surface area contributed by atoms with E-state index in [9.17, 15) is 0 Å². The smallest absolute Gasteiger partial charge is 0.208 e. The van der Waals surface area contributed by atoms with Gasteiger partial charge in [-0.1, -0.05) is 18.7 Å². The Morgan fingerprint density at radius 1 is 1.29 bits per heavy atom. The standard InChI is InChI=1S/C12H15N3OS/c1-3-8-17-12-13-11(14-15-12)9-4-6-10(16-2)7-5-9/h4-7H,3,8H2,1-2H3,(H,13,14,15). The number of rotatable bonds is 5. The normalized spacial score (nSPS) is 10.5. The Labute approximate surface area is 105 Å². The monoisotopic (exact) mass is 249 g/mol. The highest BCUT2D eigenvalue weighted by molar-refractivity contribution is 7.99. The molecular weight excluding hydrogens is 234 g/mol. The number of H-pyrrole nitrogens is 1. The topological polar surface area (TPSA) is 50.8 Å². The second-order valence-electron chi connectivity index (χ2n) is 3.54. The Kier molecular flexibility index (Phi) is 4.03. The van der Waals surface area contributed by atoms with Crippen molar-refractivity contribution in [1.82, 2.24) is 15.2 Å². The van der Waals surface area contributed by atoms with Crippen LogP contribution in [0.15, 0.2) is 29.4 Å². The molecule has 0 unspecified atom stereocenters. The quantitative estimate of drug-likeness (QED) is 0.828. The minimum absolute atomic E-state index is 0.797. The van der Waals surface area contributed by atoms with Gasteiger partial charge in [0.25, 0.3) is 0 Å². The van der Waals surface area contributed by atoms with Crippen LogP contribution in [-0.2, 0) is 0 Å². The molecule has 5 heteroatoms. The van der Waals surface area contributed by atoms with Crippen LogP contribution >= 0.6 is 11.8 Å². The van der Waals surface area contributed by atoms with E-state index in [1.807, 2.05) is 24.3 Å². The molecule has 2 rings (SSSR count). The van der Waals surface area contributed by atoms with Crippen molar-refractivity contribution in [1.29, 1.82) is 0 Å². The molecule has 0 spiro atoms. The first-order chi connectivity index (χ1) is 8.33. The van der Waals surface area contributed by atoms with Crippen molar-refractivity contribution in [2.24, 2.45) is 0 Å². The van der Waals surface area contributed by atoms with Crippen LogP contribution in [0.4, 0.5) is 0 Å². The summed E-state index contributed by atoms with van der Waals surface area (Å²) in [4.78, 5) is 4.43. The van der Waals surface area contributed by atoms with Crippen molar-refractivity contribution in [3.63, 3.8) is 0 Å². The van der Waals surface area contributed by atoms with E-state index in [0.29, 0.717) is 0 Å². The Morgan fingerprint density at radius 2 is 2.06 bits per heavy atom. The number of hydrogen-bond donors (Lipinski definition) is 1. The number of hydrogen-bond acceptors (Lipinski definition) is 4. The first-order valence-electron chi connectivity index (χ1n) is 5.53. The van der Waals surface area contributed by atoms with E-state index < -0.39 is 0 Å². The highest BCUT2D eigenvalue weighted by Crippen LogP contribution is 2.21. The SMILES string of the molecule is CCCSc1n[nH]c(-c2ccc(OC)cc2)n1. The van der Waals surface area contributed by atoms with Crippen LogP contribution in [0.3, 0.4) is 0 Å². The number of benzene rings is 1. The molecule has 0 aliphatic rings. The second kappa shape index (κ2) is 5.72. The number of aromatic amines is 1. The molecule has 1 aromatic heterocycles. The van der Waals surface area contributed by atoms with Gasteiger partial charge >= 0.3 is 0 Å². The average molecular weight is 249 g/mol. The van der Waals surface area contributed by atoms with Gasteiger partial charge in [-0.15, -0.1) is 5.10 Å². The van der Waals surface area contributed by atoms with Crippen molar-refractivity contribution in [3.8, 4) is 17.1 Å². The molecule has 2 aromatic rings. The molecule has 4 nitrogen and oxygen atoms in total. The van der Waals surface area contributed by atoms with Crippen LogP contribution in [0.1, 0.15) is 13.3 Å². The fourth-order valence-corrected chi connectivity index (χ4v) is 2.04. The number of ether oxygens (including phenoxy) is 1. The third kappa shape index (κ3) is 3.00. The summed E-state index contributed by atoms with van der Waals surface area (Å²) >= 11 is 1.67. The summed E-state index contributed by atoms with van der Waals surface area (Å²) in [6.07, 6.45) is 1.12. The van der Waals surface area contributed by atoms with E-state index in [2.05, 4.69) is 22.1 Å². The molecule has 0 saturated carbocycles. The highest BCUT2D eigenvalue weighted by atomic mass is 32.2. The number of nitrogens with zero attached hydrogens (tertiary/aromatic N) is 2. The molecule has 0 bridgehead atoms. The van der Waals surface area contributed by atoms with Crippen LogP contribution in [0.2, 0.25) is 0 Å². The molecule has 0 atom stereocenters. The van der Waals surface area contributed by atoms with Gasteiger partial charge in [0.15, 0.2) is 5.82 Å². The van der Waals surface area contributed by atoms with Crippen molar-refractivity contribution in [2.45, 2.75) is 18.5 Å². The van der Waals surface area contributed by atoms with Crippen LogP contribution in [0.5, 0.6) is 5.75 Å². The number of aromatic nitrogens is 3. The minimum atomic E-state index is 0.797. The third-order valence-corrected chi connectivity index (χ3v) is 3.32.